The van der Waals surface area contributed by atoms with E-state index in [1.165, 1.54) is 11.8 Å². The van der Waals surface area contributed by atoms with Gasteiger partial charge < -0.3 is 20.1 Å². The lowest BCUT2D eigenvalue weighted by atomic mass is 10.0. The summed E-state index contributed by atoms with van der Waals surface area (Å²) in [5, 5.41) is 27.8. The molecule has 0 radical (unpaired) electrons. The molecule has 3 N–H and O–H groups in total. The average molecular weight is 178 g/mol. The molecule has 0 unspecified atom stereocenters. The third-order valence-electron chi connectivity index (χ3n) is 2.09. The minimum absolute atomic E-state index is 0.302. The maximum atomic E-state index is 9.29. The standard InChI is InChI=1S/C6H10O4S/c7-3-2-1-11-6(10-2)5(9)4(3)8/h2-9H,1H2/t2-,3+,4+,5-,6+/m1/s1. The van der Waals surface area contributed by atoms with E-state index in [-0.39, 0.29) is 11.5 Å². The van der Waals surface area contributed by atoms with E-state index in [0.717, 1.165) is 0 Å². The Bertz CT molecular complexity index is 145. The Hall–Kier alpha value is 0.190. The highest BCUT2D eigenvalue weighted by molar-refractivity contribution is 8.00. The van der Waals surface area contributed by atoms with Crippen molar-refractivity contribution in [3.63, 3.8) is 0 Å². The van der Waals surface area contributed by atoms with Crippen LogP contribution in [0.4, 0.5) is 0 Å². The Morgan fingerprint density at radius 2 is 1.82 bits per heavy atom. The lowest BCUT2D eigenvalue weighted by Crippen LogP contribution is -2.53. The molecule has 0 amide bonds. The molecule has 5 atom stereocenters. The van der Waals surface area contributed by atoms with Crippen LogP contribution in [-0.2, 0) is 4.74 Å². The summed E-state index contributed by atoms with van der Waals surface area (Å²) in [6.45, 7) is 0. The second-order valence-electron chi connectivity index (χ2n) is 2.85. The fraction of sp³-hybridized carbons (Fsp3) is 1.00. The van der Waals surface area contributed by atoms with E-state index in [4.69, 9.17) is 4.74 Å². The van der Waals surface area contributed by atoms with Crippen molar-refractivity contribution in [2.75, 3.05) is 5.75 Å². The van der Waals surface area contributed by atoms with Crippen molar-refractivity contribution >= 4 is 11.8 Å². The smallest absolute Gasteiger partial charge is 0.132 e. The van der Waals surface area contributed by atoms with Gasteiger partial charge in [0, 0.05) is 5.75 Å². The summed E-state index contributed by atoms with van der Waals surface area (Å²) < 4.78 is 5.20. The van der Waals surface area contributed by atoms with Gasteiger partial charge in [-0.2, -0.15) is 0 Å². The first-order chi connectivity index (χ1) is 5.20. The van der Waals surface area contributed by atoms with Crippen LogP contribution in [0.2, 0.25) is 0 Å². The number of aliphatic hydroxyl groups is 3. The van der Waals surface area contributed by atoms with Gasteiger partial charge in [0.2, 0.25) is 0 Å². The van der Waals surface area contributed by atoms with Gasteiger partial charge in [0.25, 0.3) is 0 Å². The summed E-state index contributed by atoms with van der Waals surface area (Å²) in [6, 6.07) is 0. The molecule has 2 rings (SSSR count). The summed E-state index contributed by atoms with van der Waals surface area (Å²) in [4.78, 5) is 0. The normalized spacial score (nSPS) is 56.5. The molecule has 2 fully saturated rings. The number of fused-ring (bicyclic) bond motifs is 2. The first-order valence-electron chi connectivity index (χ1n) is 3.51. The number of rotatable bonds is 0. The van der Waals surface area contributed by atoms with Crippen molar-refractivity contribution in [2.24, 2.45) is 0 Å². The monoisotopic (exact) mass is 178 g/mol. The van der Waals surface area contributed by atoms with Crippen LogP contribution in [0, 0.1) is 0 Å². The quantitative estimate of drug-likeness (QED) is 0.423. The summed E-state index contributed by atoms with van der Waals surface area (Å²) in [6.07, 6.45) is -3.23. The second-order valence-corrected chi connectivity index (χ2v) is 3.98. The zero-order chi connectivity index (χ0) is 8.01. The second kappa shape index (κ2) is 2.60. The fourth-order valence-corrected chi connectivity index (χ4v) is 2.62. The molecule has 2 saturated heterocycles. The summed E-state index contributed by atoms with van der Waals surface area (Å²) in [7, 11) is 0. The predicted molar refractivity (Wildman–Crippen MR) is 39.1 cm³/mol. The van der Waals surface area contributed by atoms with Crippen molar-refractivity contribution in [1.29, 1.82) is 0 Å². The molecule has 2 aliphatic rings. The molecule has 2 aliphatic heterocycles. The Kier molecular flexibility index (Phi) is 1.85. The van der Waals surface area contributed by atoms with Crippen LogP contribution in [0.1, 0.15) is 0 Å². The Labute approximate surface area is 68.2 Å². The molecule has 5 heteroatoms. The van der Waals surface area contributed by atoms with Gasteiger partial charge in [0.1, 0.15) is 23.7 Å². The Morgan fingerprint density at radius 1 is 1.09 bits per heavy atom. The molecule has 0 aliphatic carbocycles. The first-order valence-corrected chi connectivity index (χ1v) is 4.56. The van der Waals surface area contributed by atoms with Gasteiger partial charge >= 0.3 is 0 Å². The van der Waals surface area contributed by atoms with Crippen molar-refractivity contribution in [1.82, 2.24) is 0 Å². The molecule has 0 saturated carbocycles. The van der Waals surface area contributed by atoms with Crippen LogP contribution in [0.15, 0.2) is 0 Å². The van der Waals surface area contributed by atoms with Gasteiger partial charge in [-0.1, -0.05) is 0 Å². The lowest BCUT2D eigenvalue weighted by Gasteiger charge is -2.33. The Balaban J connectivity index is 2.16. The first kappa shape index (κ1) is 7.82. The molecule has 64 valence electrons. The minimum atomic E-state index is -1.05. The molecule has 0 aromatic carbocycles. The van der Waals surface area contributed by atoms with Crippen LogP contribution < -0.4 is 0 Å². The van der Waals surface area contributed by atoms with Gasteiger partial charge in [-0.25, -0.2) is 0 Å². The number of hydrogen-bond donors (Lipinski definition) is 3. The van der Waals surface area contributed by atoms with E-state index in [2.05, 4.69) is 0 Å². The summed E-state index contributed by atoms with van der Waals surface area (Å²) in [5.74, 6) is 0.653. The highest BCUT2D eigenvalue weighted by Gasteiger charge is 2.48. The summed E-state index contributed by atoms with van der Waals surface area (Å²) >= 11 is 1.44. The largest absolute Gasteiger partial charge is 0.388 e. The van der Waals surface area contributed by atoms with Crippen LogP contribution in [-0.4, -0.2) is 50.9 Å². The van der Waals surface area contributed by atoms with E-state index in [0.29, 0.717) is 5.75 Å². The Morgan fingerprint density at radius 3 is 2.55 bits per heavy atom. The fourth-order valence-electron chi connectivity index (χ4n) is 1.38. The average Bonchev–Trinajstić information content (AvgIpc) is 2.44. The number of hydrogen-bond acceptors (Lipinski definition) is 5. The van der Waals surface area contributed by atoms with Gasteiger partial charge in [0.05, 0.1) is 6.10 Å². The third kappa shape index (κ3) is 1.08. The maximum absolute atomic E-state index is 9.29. The van der Waals surface area contributed by atoms with Gasteiger partial charge in [-0.3, -0.25) is 0 Å². The van der Waals surface area contributed by atoms with Crippen molar-refractivity contribution in [3.8, 4) is 0 Å². The van der Waals surface area contributed by atoms with Crippen LogP contribution in [0.5, 0.6) is 0 Å². The highest BCUT2D eigenvalue weighted by Crippen LogP contribution is 2.36. The molecule has 11 heavy (non-hydrogen) atoms. The van der Waals surface area contributed by atoms with E-state index in [1.54, 1.807) is 0 Å². The van der Waals surface area contributed by atoms with Crippen molar-refractivity contribution < 1.29 is 20.1 Å². The lowest BCUT2D eigenvalue weighted by molar-refractivity contribution is -0.183. The van der Waals surface area contributed by atoms with E-state index in [1.807, 2.05) is 0 Å². The molecular formula is C6H10O4S. The number of thioether (sulfide) groups is 1. The molecule has 2 bridgehead atoms. The van der Waals surface area contributed by atoms with E-state index in [9.17, 15) is 15.3 Å². The van der Waals surface area contributed by atoms with Gasteiger partial charge in [0.15, 0.2) is 0 Å². The zero-order valence-corrected chi connectivity index (χ0v) is 6.57. The van der Waals surface area contributed by atoms with Crippen LogP contribution >= 0.6 is 11.8 Å². The number of aliphatic hydroxyl groups excluding tert-OH is 3. The number of ether oxygens (including phenoxy) is 1. The van der Waals surface area contributed by atoms with Crippen molar-refractivity contribution in [2.45, 2.75) is 29.9 Å². The van der Waals surface area contributed by atoms with Crippen molar-refractivity contribution in [3.05, 3.63) is 0 Å². The maximum Gasteiger partial charge on any atom is 0.132 e. The predicted octanol–water partition coefficient (Wildman–Crippen LogP) is -1.46. The molecule has 4 nitrogen and oxygen atoms in total. The summed E-state index contributed by atoms with van der Waals surface area (Å²) in [5.41, 5.74) is -0.349. The van der Waals surface area contributed by atoms with E-state index >= 15 is 0 Å². The topological polar surface area (TPSA) is 69.9 Å². The molecule has 0 aromatic heterocycles. The zero-order valence-electron chi connectivity index (χ0n) is 5.75. The molecular weight excluding hydrogens is 168 g/mol. The van der Waals surface area contributed by atoms with Gasteiger partial charge in [-0.05, 0) is 0 Å². The minimum Gasteiger partial charge on any atom is -0.388 e. The van der Waals surface area contributed by atoms with E-state index < -0.39 is 18.3 Å². The van der Waals surface area contributed by atoms with Gasteiger partial charge in [-0.15, -0.1) is 11.8 Å². The SMILES string of the molecule is O[C@H]1[C@@H](O)[C@H]2CS[C@H](O2)[C@@H]1O. The molecule has 0 aromatic rings. The van der Waals surface area contributed by atoms with Crippen LogP contribution in [0.25, 0.3) is 0 Å². The molecule has 2 heterocycles. The molecule has 0 spiro atoms. The third-order valence-corrected chi connectivity index (χ3v) is 3.33. The van der Waals surface area contributed by atoms with Crippen LogP contribution in [0.3, 0.4) is 0 Å². The highest BCUT2D eigenvalue weighted by atomic mass is 32.2.